The second-order valence-electron chi connectivity index (χ2n) is 6.24. The lowest BCUT2D eigenvalue weighted by Gasteiger charge is -2.14. The Bertz CT molecular complexity index is 1010. The number of ether oxygens (including phenoxy) is 2. The highest BCUT2D eigenvalue weighted by Crippen LogP contribution is 2.32. The van der Waals surface area contributed by atoms with Gasteiger partial charge >= 0.3 is 5.97 Å². The molecule has 0 aliphatic carbocycles. The topological polar surface area (TPSA) is 133 Å². The highest BCUT2D eigenvalue weighted by molar-refractivity contribution is 6.28. The Kier molecular flexibility index (Phi) is 9.24. The zero-order valence-electron chi connectivity index (χ0n) is 16.6. The fourth-order valence-corrected chi connectivity index (χ4v) is 3.17. The molecule has 0 unspecified atom stereocenters. The molecule has 1 aliphatic rings. The molecule has 1 aromatic carbocycles. The lowest BCUT2D eigenvalue weighted by molar-refractivity contribution is -0.0204. The van der Waals surface area contributed by atoms with Crippen LogP contribution in [0.4, 0.5) is 5.82 Å². The number of benzene rings is 1. The number of rotatable bonds is 4. The van der Waals surface area contributed by atoms with E-state index in [0.717, 1.165) is 18.2 Å². The van der Waals surface area contributed by atoms with E-state index in [1.165, 1.54) is 0 Å². The number of carbonyl (C=O) groups excluding carboxylic acids is 1. The molecule has 9 nitrogen and oxygen atoms in total. The van der Waals surface area contributed by atoms with E-state index in [0.29, 0.717) is 17.0 Å². The average molecular weight is 447 g/mol. The van der Waals surface area contributed by atoms with Crippen molar-refractivity contribution < 1.29 is 24.5 Å². The number of nitrogen functional groups attached to an aromatic ring is 1. The van der Waals surface area contributed by atoms with Crippen LogP contribution in [0.1, 0.15) is 29.4 Å². The van der Waals surface area contributed by atoms with E-state index < -0.39 is 12.8 Å². The van der Waals surface area contributed by atoms with Crippen molar-refractivity contribution in [1.29, 1.82) is 0 Å². The highest BCUT2D eigenvalue weighted by Gasteiger charge is 2.27. The standard InChI is InChI=1S/C11H13ClN4O2.C8H8O3.C2H2/c12-11-14-9(13)7-3-4-16(10(7)15-11)8-2-1-6(5-17)18-8;9-6-11-8(10)7-4-2-1-3-5-7;1-2/h3-4,6,8,17H,1-2,5H2,(H2,13,14,15);1-5,9H,6H2;1-2H/t6-,8+;;/m0../s1. The third-order valence-electron chi connectivity index (χ3n) is 4.38. The third kappa shape index (κ3) is 6.16. The maximum Gasteiger partial charge on any atom is 0.340 e. The van der Waals surface area contributed by atoms with Gasteiger partial charge in [-0.05, 0) is 42.6 Å². The molecule has 1 aliphatic heterocycles. The van der Waals surface area contributed by atoms with Gasteiger partial charge in [0.25, 0.3) is 0 Å². The normalized spacial score (nSPS) is 17.2. The van der Waals surface area contributed by atoms with Gasteiger partial charge in [-0.25, -0.2) is 9.78 Å². The number of nitrogens with zero attached hydrogens (tertiary/aromatic N) is 3. The second kappa shape index (κ2) is 11.9. The first-order chi connectivity index (χ1) is 15.0. The number of aliphatic hydroxyl groups is 2. The number of hydrogen-bond acceptors (Lipinski definition) is 8. The van der Waals surface area contributed by atoms with Crippen molar-refractivity contribution >= 4 is 34.4 Å². The lowest BCUT2D eigenvalue weighted by Crippen LogP contribution is -2.14. The number of aliphatic hydroxyl groups excluding tert-OH is 2. The molecule has 10 heteroatoms. The van der Waals surface area contributed by atoms with Crippen LogP contribution in [0.2, 0.25) is 5.28 Å². The Morgan fingerprint density at radius 1 is 1.23 bits per heavy atom. The van der Waals surface area contributed by atoms with Gasteiger partial charge in [0.1, 0.15) is 17.7 Å². The quantitative estimate of drug-likeness (QED) is 0.241. The molecule has 0 radical (unpaired) electrons. The van der Waals surface area contributed by atoms with Crippen LogP contribution in [0, 0.1) is 12.8 Å². The van der Waals surface area contributed by atoms with E-state index >= 15 is 0 Å². The molecule has 3 aromatic rings. The number of esters is 1. The Morgan fingerprint density at radius 3 is 2.55 bits per heavy atom. The minimum Gasteiger partial charge on any atom is -0.435 e. The number of nitrogens with two attached hydrogens (primary N) is 1. The lowest BCUT2D eigenvalue weighted by atomic mass is 10.2. The van der Waals surface area contributed by atoms with Crippen LogP contribution in [-0.2, 0) is 9.47 Å². The summed E-state index contributed by atoms with van der Waals surface area (Å²) in [7, 11) is 0. The zero-order valence-corrected chi connectivity index (χ0v) is 17.4. The second-order valence-corrected chi connectivity index (χ2v) is 6.58. The largest absolute Gasteiger partial charge is 0.435 e. The maximum atomic E-state index is 10.9. The molecule has 31 heavy (non-hydrogen) atoms. The van der Waals surface area contributed by atoms with E-state index in [1.807, 2.05) is 16.8 Å². The molecule has 1 saturated heterocycles. The third-order valence-corrected chi connectivity index (χ3v) is 4.55. The predicted octanol–water partition coefficient (Wildman–Crippen LogP) is 2.38. The van der Waals surface area contributed by atoms with Crippen LogP contribution in [0.3, 0.4) is 0 Å². The van der Waals surface area contributed by atoms with Gasteiger partial charge in [0.2, 0.25) is 5.28 Å². The molecule has 4 rings (SSSR count). The van der Waals surface area contributed by atoms with Crippen molar-refractivity contribution in [2.75, 3.05) is 19.1 Å². The molecule has 2 aromatic heterocycles. The first kappa shape index (κ1) is 24.1. The Balaban J connectivity index is 0.000000226. The first-order valence-electron chi connectivity index (χ1n) is 9.25. The Morgan fingerprint density at radius 2 is 1.94 bits per heavy atom. The fourth-order valence-electron chi connectivity index (χ4n) is 3.00. The summed E-state index contributed by atoms with van der Waals surface area (Å²) in [6.45, 7) is -0.540. The molecule has 3 heterocycles. The van der Waals surface area contributed by atoms with E-state index in [9.17, 15) is 4.79 Å². The zero-order chi connectivity index (χ0) is 22.8. The molecule has 164 valence electrons. The summed E-state index contributed by atoms with van der Waals surface area (Å²) >= 11 is 5.82. The number of terminal acetylenes is 1. The van der Waals surface area contributed by atoms with Crippen LogP contribution in [0.5, 0.6) is 0 Å². The van der Waals surface area contributed by atoms with Crippen molar-refractivity contribution in [3.8, 4) is 12.8 Å². The minimum atomic E-state index is -0.576. The van der Waals surface area contributed by atoms with E-state index in [4.69, 9.17) is 32.3 Å². The summed E-state index contributed by atoms with van der Waals surface area (Å²) in [5, 5.41) is 18.2. The van der Waals surface area contributed by atoms with Crippen molar-refractivity contribution in [3.05, 3.63) is 53.4 Å². The van der Waals surface area contributed by atoms with Gasteiger partial charge in [0.15, 0.2) is 6.79 Å². The van der Waals surface area contributed by atoms with Gasteiger partial charge in [-0.1, -0.05) is 18.2 Å². The van der Waals surface area contributed by atoms with E-state index in [1.54, 1.807) is 30.3 Å². The Hall–Kier alpha value is -3.16. The van der Waals surface area contributed by atoms with Crippen molar-refractivity contribution in [2.24, 2.45) is 0 Å². The maximum absolute atomic E-state index is 10.9. The van der Waals surface area contributed by atoms with Gasteiger partial charge in [-0.15, -0.1) is 12.8 Å². The predicted molar refractivity (Wildman–Crippen MR) is 116 cm³/mol. The summed E-state index contributed by atoms with van der Waals surface area (Å²) in [4.78, 5) is 19.0. The molecular formula is C21H23ClN4O5. The number of carbonyl (C=O) groups is 1. The Labute approximate surface area is 184 Å². The van der Waals surface area contributed by atoms with Crippen LogP contribution in [-0.4, -0.2) is 50.2 Å². The number of fused-ring (bicyclic) bond motifs is 1. The molecule has 0 amide bonds. The van der Waals surface area contributed by atoms with Crippen LogP contribution < -0.4 is 5.73 Å². The summed E-state index contributed by atoms with van der Waals surface area (Å²) in [6, 6.07) is 10.4. The van der Waals surface area contributed by atoms with Gasteiger partial charge in [-0.3, -0.25) is 0 Å². The van der Waals surface area contributed by atoms with Crippen LogP contribution >= 0.6 is 11.6 Å². The fraction of sp³-hybridized carbons (Fsp3) is 0.286. The van der Waals surface area contributed by atoms with Crippen LogP contribution in [0.15, 0.2) is 42.6 Å². The van der Waals surface area contributed by atoms with Crippen LogP contribution in [0.25, 0.3) is 11.0 Å². The summed E-state index contributed by atoms with van der Waals surface area (Å²) in [6.07, 6.45) is 11.3. The summed E-state index contributed by atoms with van der Waals surface area (Å²) in [5.74, 6) is -0.145. The number of aromatic nitrogens is 3. The first-order valence-corrected chi connectivity index (χ1v) is 9.63. The number of hydrogen-bond donors (Lipinski definition) is 3. The van der Waals surface area contributed by atoms with Gasteiger partial charge in [-0.2, -0.15) is 4.98 Å². The summed E-state index contributed by atoms with van der Waals surface area (Å²) < 4.78 is 11.9. The van der Waals surface area contributed by atoms with Crippen molar-refractivity contribution in [2.45, 2.75) is 25.2 Å². The summed E-state index contributed by atoms with van der Waals surface area (Å²) in [5.41, 5.74) is 6.90. The minimum absolute atomic E-state index is 0.0353. The monoisotopic (exact) mass is 446 g/mol. The highest BCUT2D eigenvalue weighted by atomic mass is 35.5. The van der Waals surface area contributed by atoms with Crippen molar-refractivity contribution in [3.63, 3.8) is 0 Å². The average Bonchev–Trinajstić information content (AvgIpc) is 3.43. The molecule has 4 N–H and O–H groups in total. The van der Waals surface area contributed by atoms with Crippen molar-refractivity contribution in [1.82, 2.24) is 14.5 Å². The number of halogens is 1. The molecule has 1 fully saturated rings. The molecule has 0 saturated carbocycles. The molecule has 2 atom stereocenters. The van der Waals surface area contributed by atoms with Gasteiger partial charge in [0, 0.05) is 6.20 Å². The van der Waals surface area contributed by atoms with Gasteiger partial charge in [0.05, 0.1) is 23.7 Å². The molecular weight excluding hydrogens is 424 g/mol. The molecule has 0 spiro atoms. The van der Waals surface area contributed by atoms with E-state index in [2.05, 4.69) is 27.6 Å². The smallest absolute Gasteiger partial charge is 0.340 e. The van der Waals surface area contributed by atoms with Gasteiger partial charge < -0.3 is 30.0 Å². The molecule has 0 bridgehead atoms. The SMILES string of the molecule is C#C.Nc1nc(Cl)nc2c1ccn2[C@H]1CC[C@@H](CO)O1.O=C(OCO)c1ccccc1. The van der Waals surface area contributed by atoms with E-state index in [-0.39, 0.29) is 24.2 Å². The number of anilines is 1.